The minimum atomic E-state index is 0.178. The first-order valence-electron chi connectivity index (χ1n) is 8.53. The Labute approximate surface area is 142 Å². The summed E-state index contributed by atoms with van der Waals surface area (Å²) in [7, 11) is 2.15. The number of hydrogen-bond donors (Lipinski definition) is 0. The number of nitrogens with zero attached hydrogens (tertiary/aromatic N) is 1. The third kappa shape index (κ3) is 3.65. The highest BCUT2D eigenvalue weighted by Gasteiger charge is 2.22. The van der Waals surface area contributed by atoms with Crippen molar-refractivity contribution in [3.63, 3.8) is 0 Å². The van der Waals surface area contributed by atoms with Crippen molar-refractivity contribution in [1.29, 1.82) is 0 Å². The zero-order valence-corrected chi connectivity index (χ0v) is 16.3. The molecule has 1 nitrogen and oxygen atoms in total. The Morgan fingerprint density at radius 3 is 1.87 bits per heavy atom. The summed E-state index contributed by atoms with van der Waals surface area (Å²) in [6, 6.07) is 9.24. The lowest BCUT2D eigenvalue weighted by Gasteiger charge is -2.23. The molecule has 0 aliphatic carbocycles. The summed E-state index contributed by atoms with van der Waals surface area (Å²) in [5.41, 5.74) is 8.50. The maximum atomic E-state index is 2.36. The van der Waals surface area contributed by atoms with E-state index in [0.29, 0.717) is 0 Å². The van der Waals surface area contributed by atoms with E-state index < -0.39 is 0 Å². The van der Waals surface area contributed by atoms with Crippen molar-refractivity contribution in [3.05, 3.63) is 52.7 Å². The van der Waals surface area contributed by atoms with Crippen LogP contribution in [0.4, 0.5) is 0 Å². The summed E-state index contributed by atoms with van der Waals surface area (Å²) in [5.74, 6) is 0. The zero-order chi connectivity index (χ0) is 17.6. The van der Waals surface area contributed by atoms with Crippen LogP contribution in [0, 0.1) is 13.8 Å². The largest absolute Gasteiger partial charge is 0.212 e. The van der Waals surface area contributed by atoms with Gasteiger partial charge in [0.2, 0.25) is 5.69 Å². The molecule has 0 bridgehead atoms. The fraction of sp³-hybridized carbons (Fsp3) is 0.500. The molecule has 0 aliphatic heterocycles. The molecule has 0 radical (unpaired) electrons. The summed E-state index contributed by atoms with van der Waals surface area (Å²) in [6.07, 6.45) is 2.27. The van der Waals surface area contributed by atoms with Gasteiger partial charge < -0.3 is 0 Å². The first kappa shape index (κ1) is 17.7. The summed E-state index contributed by atoms with van der Waals surface area (Å²) in [5, 5.41) is 0. The average Bonchev–Trinajstić information content (AvgIpc) is 2.39. The van der Waals surface area contributed by atoms with Crippen LogP contribution in [0.5, 0.6) is 0 Å². The number of aromatic nitrogens is 1. The van der Waals surface area contributed by atoms with Gasteiger partial charge in [0.05, 0.1) is 0 Å². The lowest BCUT2D eigenvalue weighted by molar-refractivity contribution is -0.661. The Morgan fingerprint density at radius 2 is 1.39 bits per heavy atom. The molecular formula is C22H32N+. The molecular weight excluding hydrogens is 278 g/mol. The third-order valence-electron chi connectivity index (χ3n) is 4.65. The van der Waals surface area contributed by atoms with Crippen molar-refractivity contribution in [2.24, 2.45) is 7.05 Å². The molecule has 1 heteroatoms. The van der Waals surface area contributed by atoms with E-state index in [9.17, 15) is 0 Å². The minimum Gasteiger partial charge on any atom is -0.201 e. The average molecular weight is 311 g/mol. The molecule has 1 aromatic carbocycles. The van der Waals surface area contributed by atoms with Gasteiger partial charge in [-0.05, 0) is 53.5 Å². The van der Waals surface area contributed by atoms with Crippen LogP contribution < -0.4 is 4.57 Å². The standard InChI is InChI=1S/C22H32N/c1-15-13-19(22(6,7)8)16(2)12-18(15)20-11-10-17(14-23(20)9)21(3,4)5/h10-14H,1-9H3/q+1. The predicted molar refractivity (Wildman–Crippen MR) is 99.9 cm³/mol. The number of hydrogen-bond acceptors (Lipinski definition) is 0. The van der Waals surface area contributed by atoms with Gasteiger partial charge in [-0.3, -0.25) is 0 Å². The summed E-state index contributed by atoms with van der Waals surface area (Å²) in [4.78, 5) is 0. The van der Waals surface area contributed by atoms with E-state index in [-0.39, 0.29) is 10.8 Å². The van der Waals surface area contributed by atoms with Gasteiger partial charge in [0, 0.05) is 17.2 Å². The molecule has 1 heterocycles. The van der Waals surface area contributed by atoms with Crippen molar-refractivity contribution in [2.45, 2.75) is 66.2 Å². The fourth-order valence-electron chi connectivity index (χ4n) is 3.23. The van der Waals surface area contributed by atoms with Crippen molar-refractivity contribution in [1.82, 2.24) is 0 Å². The van der Waals surface area contributed by atoms with Crippen LogP contribution in [0.1, 0.15) is 63.8 Å². The Morgan fingerprint density at radius 1 is 0.783 bits per heavy atom. The Kier molecular flexibility index (Phi) is 4.45. The van der Waals surface area contributed by atoms with Crippen molar-refractivity contribution < 1.29 is 4.57 Å². The van der Waals surface area contributed by atoms with Crippen LogP contribution in [0.3, 0.4) is 0 Å². The molecule has 0 fully saturated rings. The molecule has 0 atom stereocenters. The highest BCUT2D eigenvalue weighted by atomic mass is 14.9. The fourth-order valence-corrected chi connectivity index (χ4v) is 3.23. The Hall–Kier alpha value is -1.63. The van der Waals surface area contributed by atoms with Crippen molar-refractivity contribution in [3.8, 4) is 11.3 Å². The molecule has 0 spiro atoms. The third-order valence-corrected chi connectivity index (χ3v) is 4.65. The van der Waals surface area contributed by atoms with Crippen LogP contribution in [0.25, 0.3) is 11.3 Å². The normalized spacial score (nSPS) is 12.6. The van der Waals surface area contributed by atoms with Gasteiger partial charge in [0.1, 0.15) is 7.05 Å². The SMILES string of the molecule is Cc1cc(C(C)(C)C)c(C)cc1-c1ccc(C(C)(C)C)c[n+]1C. The lowest BCUT2D eigenvalue weighted by Crippen LogP contribution is -2.33. The highest BCUT2D eigenvalue weighted by Crippen LogP contribution is 2.32. The molecule has 124 valence electrons. The molecule has 1 aromatic heterocycles. The molecule has 0 saturated carbocycles. The van der Waals surface area contributed by atoms with Crippen LogP contribution in [-0.4, -0.2) is 0 Å². The van der Waals surface area contributed by atoms with Crippen LogP contribution in [-0.2, 0) is 17.9 Å². The highest BCUT2D eigenvalue weighted by molar-refractivity contribution is 5.64. The number of pyridine rings is 1. The van der Waals surface area contributed by atoms with Gasteiger partial charge in [-0.1, -0.05) is 47.6 Å². The molecule has 0 aliphatic rings. The van der Waals surface area contributed by atoms with E-state index in [2.05, 4.69) is 97.5 Å². The number of aryl methyl sites for hydroxylation is 3. The second-order valence-electron chi connectivity index (χ2n) is 8.90. The predicted octanol–water partition coefficient (Wildman–Crippen LogP) is 5.39. The number of rotatable bonds is 1. The van der Waals surface area contributed by atoms with Crippen molar-refractivity contribution in [2.75, 3.05) is 0 Å². The quantitative estimate of drug-likeness (QED) is 0.622. The van der Waals surface area contributed by atoms with Gasteiger partial charge in [0.25, 0.3) is 0 Å². The van der Waals surface area contributed by atoms with Crippen LogP contribution in [0.2, 0.25) is 0 Å². The van der Waals surface area contributed by atoms with Crippen molar-refractivity contribution >= 4 is 0 Å². The van der Waals surface area contributed by atoms with E-state index in [1.54, 1.807) is 0 Å². The second-order valence-corrected chi connectivity index (χ2v) is 8.90. The van der Waals surface area contributed by atoms with E-state index >= 15 is 0 Å². The van der Waals surface area contributed by atoms with E-state index in [1.165, 1.54) is 33.5 Å². The molecule has 0 unspecified atom stereocenters. The molecule has 0 amide bonds. The van der Waals surface area contributed by atoms with E-state index in [0.717, 1.165) is 0 Å². The van der Waals surface area contributed by atoms with E-state index in [1.807, 2.05) is 0 Å². The molecule has 2 aromatic rings. The smallest absolute Gasteiger partial charge is 0.201 e. The number of benzene rings is 1. The Balaban J connectivity index is 2.58. The second kappa shape index (κ2) is 5.78. The van der Waals surface area contributed by atoms with Gasteiger partial charge >= 0.3 is 0 Å². The lowest BCUT2D eigenvalue weighted by atomic mass is 9.81. The molecule has 2 rings (SSSR count). The van der Waals surface area contributed by atoms with Crippen LogP contribution >= 0.6 is 0 Å². The monoisotopic (exact) mass is 310 g/mol. The van der Waals surface area contributed by atoms with Crippen LogP contribution in [0.15, 0.2) is 30.5 Å². The van der Waals surface area contributed by atoms with E-state index in [4.69, 9.17) is 0 Å². The summed E-state index contributed by atoms with van der Waals surface area (Å²) in [6.45, 7) is 18.1. The minimum absolute atomic E-state index is 0.178. The topological polar surface area (TPSA) is 3.88 Å². The Bertz CT molecular complexity index is 725. The maximum Gasteiger partial charge on any atom is 0.212 e. The van der Waals surface area contributed by atoms with Gasteiger partial charge in [-0.25, -0.2) is 4.57 Å². The molecule has 0 saturated heterocycles. The zero-order valence-electron chi connectivity index (χ0n) is 16.3. The first-order valence-corrected chi connectivity index (χ1v) is 8.53. The summed E-state index contributed by atoms with van der Waals surface area (Å²) >= 11 is 0. The first-order chi connectivity index (χ1) is 10.4. The molecule has 23 heavy (non-hydrogen) atoms. The van der Waals surface area contributed by atoms with Gasteiger partial charge in [-0.2, -0.15) is 0 Å². The van der Waals surface area contributed by atoms with Gasteiger partial charge in [0.15, 0.2) is 6.20 Å². The maximum absolute atomic E-state index is 2.36. The summed E-state index contributed by atoms with van der Waals surface area (Å²) < 4.78 is 2.26. The van der Waals surface area contributed by atoms with Gasteiger partial charge in [-0.15, -0.1) is 0 Å². The molecule has 0 N–H and O–H groups in total.